The maximum Gasteiger partial charge on any atom is 0.0172 e. The first-order valence-electron chi connectivity index (χ1n) is 4.86. The highest BCUT2D eigenvalue weighted by atomic mass is 14.9. The van der Waals surface area contributed by atoms with Crippen molar-refractivity contribution in [3.63, 3.8) is 0 Å². The molecule has 1 aromatic heterocycles. The van der Waals surface area contributed by atoms with E-state index in [1.165, 1.54) is 16.8 Å². The number of aryl methyl sites for hydroxylation is 2. The molecular formula is C11H18N2. The monoisotopic (exact) mass is 178 g/mol. The van der Waals surface area contributed by atoms with Gasteiger partial charge < -0.3 is 10.7 Å². The first kappa shape index (κ1) is 8.82. The molecule has 1 heterocycles. The van der Waals surface area contributed by atoms with E-state index in [9.17, 15) is 0 Å². The van der Waals surface area contributed by atoms with E-state index >= 15 is 0 Å². The van der Waals surface area contributed by atoms with Crippen LogP contribution in [-0.4, -0.2) is 11.0 Å². The van der Waals surface area contributed by atoms with Gasteiger partial charge in [0.25, 0.3) is 0 Å². The number of hydrogen-bond donors (Lipinski definition) is 2. The molecule has 0 saturated heterocycles. The van der Waals surface area contributed by atoms with Crippen LogP contribution in [0.4, 0.5) is 0 Å². The standard InChI is InChI=1S/C11H18N2/c1-6-5-13-7(2)8(6)9-10(12)11(9,3)4/h5,9-10,13H,12H2,1-4H3/t9-,10-/m1/s1. The number of nitrogens with one attached hydrogen (secondary N) is 1. The van der Waals surface area contributed by atoms with Gasteiger partial charge in [-0.25, -0.2) is 0 Å². The predicted molar refractivity (Wildman–Crippen MR) is 54.8 cm³/mol. The molecule has 1 aliphatic carbocycles. The number of nitrogens with two attached hydrogens (primary N) is 1. The minimum absolute atomic E-state index is 0.289. The Kier molecular flexibility index (Phi) is 1.62. The van der Waals surface area contributed by atoms with Crippen LogP contribution >= 0.6 is 0 Å². The molecular weight excluding hydrogens is 160 g/mol. The van der Waals surface area contributed by atoms with E-state index in [-0.39, 0.29) is 5.41 Å². The van der Waals surface area contributed by atoms with E-state index in [4.69, 9.17) is 5.73 Å². The summed E-state index contributed by atoms with van der Waals surface area (Å²) in [6, 6.07) is 0.334. The zero-order chi connectivity index (χ0) is 9.80. The molecule has 0 aromatic carbocycles. The Morgan fingerprint density at radius 2 is 1.92 bits per heavy atom. The van der Waals surface area contributed by atoms with Gasteiger partial charge in [-0.2, -0.15) is 0 Å². The maximum absolute atomic E-state index is 6.06. The quantitative estimate of drug-likeness (QED) is 0.679. The van der Waals surface area contributed by atoms with Gasteiger partial charge in [-0.15, -0.1) is 0 Å². The number of rotatable bonds is 1. The summed E-state index contributed by atoms with van der Waals surface area (Å²) in [5.74, 6) is 0.554. The summed E-state index contributed by atoms with van der Waals surface area (Å²) in [6.45, 7) is 8.77. The van der Waals surface area contributed by atoms with Crippen molar-refractivity contribution in [1.82, 2.24) is 4.98 Å². The van der Waals surface area contributed by atoms with Gasteiger partial charge in [0.1, 0.15) is 0 Å². The Bertz CT molecular complexity index is 316. The summed E-state index contributed by atoms with van der Waals surface area (Å²) >= 11 is 0. The van der Waals surface area contributed by atoms with Crippen LogP contribution in [0.5, 0.6) is 0 Å². The summed E-state index contributed by atoms with van der Waals surface area (Å²) in [6.07, 6.45) is 2.08. The molecule has 2 nitrogen and oxygen atoms in total. The molecule has 3 N–H and O–H groups in total. The molecule has 0 aliphatic heterocycles. The van der Waals surface area contributed by atoms with E-state index < -0.39 is 0 Å². The average molecular weight is 178 g/mol. The zero-order valence-corrected chi connectivity index (χ0v) is 8.81. The SMILES string of the molecule is Cc1c[nH]c(C)c1[C@@H]1[C@@H](N)C1(C)C. The predicted octanol–water partition coefficient (Wildman–Crippen LogP) is 2.08. The molecule has 1 saturated carbocycles. The lowest BCUT2D eigenvalue weighted by Gasteiger charge is -2.03. The lowest BCUT2D eigenvalue weighted by atomic mass is 10.0. The van der Waals surface area contributed by atoms with Crippen molar-refractivity contribution in [3.05, 3.63) is 23.0 Å². The normalized spacial score (nSPS) is 30.5. The van der Waals surface area contributed by atoms with Crippen LogP contribution in [0, 0.1) is 19.3 Å². The van der Waals surface area contributed by atoms with Crippen LogP contribution in [0.15, 0.2) is 6.20 Å². The van der Waals surface area contributed by atoms with Crippen LogP contribution in [-0.2, 0) is 0 Å². The van der Waals surface area contributed by atoms with Crippen LogP contribution in [0.1, 0.15) is 36.6 Å². The Hall–Kier alpha value is -0.760. The lowest BCUT2D eigenvalue weighted by Crippen LogP contribution is -2.06. The van der Waals surface area contributed by atoms with Crippen molar-refractivity contribution < 1.29 is 0 Å². The van der Waals surface area contributed by atoms with Crippen molar-refractivity contribution in [2.45, 2.75) is 39.7 Å². The fourth-order valence-corrected chi connectivity index (χ4v) is 2.38. The lowest BCUT2D eigenvalue weighted by molar-refractivity contribution is 0.598. The molecule has 2 rings (SSSR count). The van der Waals surface area contributed by atoms with Gasteiger partial charge in [0.15, 0.2) is 0 Å². The zero-order valence-electron chi connectivity index (χ0n) is 8.81. The summed E-state index contributed by atoms with van der Waals surface area (Å²) in [5.41, 5.74) is 10.4. The minimum Gasteiger partial charge on any atom is -0.365 e. The highest BCUT2D eigenvalue weighted by Gasteiger charge is 2.57. The van der Waals surface area contributed by atoms with Crippen molar-refractivity contribution in [2.24, 2.45) is 11.1 Å². The number of aromatic nitrogens is 1. The van der Waals surface area contributed by atoms with Crippen LogP contribution in [0.25, 0.3) is 0 Å². The van der Waals surface area contributed by atoms with Gasteiger partial charge in [-0.1, -0.05) is 13.8 Å². The fraction of sp³-hybridized carbons (Fsp3) is 0.636. The second-order valence-corrected chi connectivity index (χ2v) is 4.84. The van der Waals surface area contributed by atoms with E-state index in [0.29, 0.717) is 12.0 Å². The Morgan fingerprint density at radius 3 is 2.23 bits per heavy atom. The molecule has 0 spiro atoms. The summed E-state index contributed by atoms with van der Waals surface area (Å²) < 4.78 is 0. The van der Waals surface area contributed by atoms with Gasteiger partial charge in [0.2, 0.25) is 0 Å². The van der Waals surface area contributed by atoms with Gasteiger partial charge >= 0.3 is 0 Å². The Balaban J connectivity index is 2.39. The number of aromatic amines is 1. The number of hydrogen-bond acceptors (Lipinski definition) is 1. The minimum atomic E-state index is 0.289. The molecule has 72 valence electrons. The van der Waals surface area contributed by atoms with Crippen LogP contribution in [0.2, 0.25) is 0 Å². The van der Waals surface area contributed by atoms with E-state index in [0.717, 1.165) is 0 Å². The second kappa shape index (κ2) is 2.38. The first-order chi connectivity index (χ1) is 5.96. The van der Waals surface area contributed by atoms with E-state index in [1.807, 2.05) is 0 Å². The summed E-state index contributed by atoms with van der Waals surface area (Å²) in [4.78, 5) is 3.26. The van der Waals surface area contributed by atoms with Gasteiger partial charge in [-0.3, -0.25) is 0 Å². The highest BCUT2D eigenvalue weighted by Crippen LogP contribution is 2.58. The van der Waals surface area contributed by atoms with Crippen LogP contribution in [0.3, 0.4) is 0 Å². The van der Waals surface area contributed by atoms with E-state index in [2.05, 4.69) is 38.9 Å². The Morgan fingerprint density at radius 1 is 1.38 bits per heavy atom. The third kappa shape index (κ3) is 1.05. The van der Waals surface area contributed by atoms with E-state index in [1.54, 1.807) is 0 Å². The first-order valence-corrected chi connectivity index (χ1v) is 4.86. The third-order valence-corrected chi connectivity index (χ3v) is 3.56. The molecule has 0 radical (unpaired) electrons. The fourth-order valence-electron chi connectivity index (χ4n) is 2.38. The molecule has 1 aromatic rings. The molecule has 2 heteroatoms. The van der Waals surface area contributed by atoms with Crippen molar-refractivity contribution in [3.8, 4) is 0 Å². The molecule has 1 aliphatic rings. The smallest absolute Gasteiger partial charge is 0.0172 e. The summed E-state index contributed by atoms with van der Waals surface area (Å²) in [5, 5.41) is 0. The van der Waals surface area contributed by atoms with Gasteiger partial charge in [0, 0.05) is 23.9 Å². The third-order valence-electron chi connectivity index (χ3n) is 3.56. The highest BCUT2D eigenvalue weighted by molar-refractivity contribution is 5.42. The average Bonchev–Trinajstić information content (AvgIpc) is 2.40. The Labute approximate surface area is 79.5 Å². The molecule has 0 amide bonds. The van der Waals surface area contributed by atoms with Crippen molar-refractivity contribution in [1.29, 1.82) is 0 Å². The molecule has 1 fully saturated rings. The van der Waals surface area contributed by atoms with Crippen LogP contribution < -0.4 is 5.73 Å². The summed E-state index contributed by atoms with van der Waals surface area (Å²) in [7, 11) is 0. The van der Waals surface area contributed by atoms with Crippen molar-refractivity contribution >= 4 is 0 Å². The molecule has 2 atom stereocenters. The van der Waals surface area contributed by atoms with Gasteiger partial charge in [0.05, 0.1) is 0 Å². The molecule has 0 bridgehead atoms. The number of H-pyrrole nitrogens is 1. The maximum atomic E-state index is 6.06. The van der Waals surface area contributed by atoms with Gasteiger partial charge in [-0.05, 0) is 30.4 Å². The van der Waals surface area contributed by atoms with Crippen molar-refractivity contribution in [2.75, 3.05) is 0 Å². The topological polar surface area (TPSA) is 41.8 Å². The molecule has 0 unspecified atom stereocenters. The second-order valence-electron chi connectivity index (χ2n) is 4.84. The largest absolute Gasteiger partial charge is 0.365 e. The molecule has 13 heavy (non-hydrogen) atoms.